The second kappa shape index (κ2) is 2.98. The average molecular weight is 196 g/mol. The molecule has 0 radical (unpaired) electrons. The van der Waals surface area contributed by atoms with Gasteiger partial charge in [0.2, 0.25) is 0 Å². The van der Waals surface area contributed by atoms with Gasteiger partial charge in [-0.15, -0.1) is 0 Å². The molecule has 0 aliphatic heterocycles. The maximum Gasteiger partial charge on any atom is 0.177 e. The number of nitrogens with zero attached hydrogens (tertiary/aromatic N) is 1. The molecule has 1 saturated carbocycles. The molecular formula is C10H16N2S. The van der Waals surface area contributed by atoms with Crippen molar-refractivity contribution in [2.75, 3.05) is 0 Å². The maximum absolute atomic E-state index is 5.29. The molecule has 0 atom stereocenters. The third-order valence-electron chi connectivity index (χ3n) is 3.18. The van der Waals surface area contributed by atoms with Crippen LogP contribution >= 0.6 is 12.2 Å². The summed E-state index contributed by atoms with van der Waals surface area (Å²) in [4.78, 5) is 3.12. The van der Waals surface area contributed by atoms with Crippen molar-refractivity contribution in [2.24, 2.45) is 0 Å². The Balaban J connectivity index is 2.49. The van der Waals surface area contributed by atoms with Gasteiger partial charge in [0.15, 0.2) is 4.77 Å². The molecule has 1 aromatic rings. The second-order valence-electron chi connectivity index (χ2n) is 4.27. The van der Waals surface area contributed by atoms with Crippen molar-refractivity contribution in [1.82, 2.24) is 9.55 Å². The van der Waals surface area contributed by atoms with E-state index in [9.17, 15) is 0 Å². The summed E-state index contributed by atoms with van der Waals surface area (Å²) in [5, 5.41) is 0. The van der Waals surface area contributed by atoms with Crippen LogP contribution in [-0.4, -0.2) is 9.55 Å². The first-order valence-electron chi connectivity index (χ1n) is 4.91. The van der Waals surface area contributed by atoms with Gasteiger partial charge in [-0.1, -0.05) is 12.8 Å². The second-order valence-corrected chi connectivity index (χ2v) is 4.66. The first kappa shape index (κ1) is 9.00. The number of hydrogen-bond acceptors (Lipinski definition) is 1. The molecule has 3 heteroatoms. The highest BCUT2D eigenvalue weighted by Crippen LogP contribution is 2.36. The lowest BCUT2D eigenvalue weighted by Crippen LogP contribution is -2.27. The predicted octanol–water partition coefficient (Wildman–Crippen LogP) is 3.14. The van der Waals surface area contributed by atoms with Gasteiger partial charge >= 0.3 is 0 Å². The summed E-state index contributed by atoms with van der Waals surface area (Å²) in [7, 11) is 0. The Morgan fingerprint density at radius 2 is 2.08 bits per heavy atom. The number of aromatic nitrogens is 2. The van der Waals surface area contributed by atoms with E-state index in [4.69, 9.17) is 12.2 Å². The number of nitrogens with one attached hydrogen (secondary N) is 1. The van der Waals surface area contributed by atoms with Gasteiger partial charge in [0.05, 0.1) is 0 Å². The zero-order valence-corrected chi connectivity index (χ0v) is 9.08. The Kier molecular flexibility index (Phi) is 2.06. The number of imidazole rings is 1. The monoisotopic (exact) mass is 196 g/mol. The van der Waals surface area contributed by atoms with Crippen LogP contribution in [0.15, 0.2) is 6.20 Å². The molecule has 72 valence electrons. The van der Waals surface area contributed by atoms with Gasteiger partial charge in [-0.05, 0) is 38.9 Å². The van der Waals surface area contributed by atoms with Crippen LogP contribution in [0.3, 0.4) is 0 Å². The van der Waals surface area contributed by atoms with Crippen molar-refractivity contribution < 1.29 is 0 Å². The standard InChI is InChI=1S/C10H16N2S/c1-8-7-11-9(13)12(8)10(2)5-3-4-6-10/h7H,3-6H2,1-2H3,(H,11,13). The average Bonchev–Trinajstić information content (AvgIpc) is 2.60. The highest BCUT2D eigenvalue weighted by molar-refractivity contribution is 7.71. The first-order valence-corrected chi connectivity index (χ1v) is 5.32. The lowest BCUT2D eigenvalue weighted by molar-refractivity contribution is 0.319. The Morgan fingerprint density at radius 1 is 1.46 bits per heavy atom. The summed E-state index contributed by atoms with van der Waals surface area (Å²) in [5.74, 6) is 0. The Labute approximate surface area is 84.0 Å². The molecule has 0 spiro atoms. The Hall–Kier alpha value is -0.570. The van der Waals surface area contributed by atoms with E-state index in [2.05, 4.69) is 23.4 Å². The molecule has 13 heavy (non-hydrogen) atoms. The topological polar surface area (TPSA) is 20.7 Å². The summed E-state index contributed by atoms with van der Waals surface area (Å²) >= 11 is 5.29. The molecule has 1 aliphatic rings. The molecule has 1 aliphatic carbocycles. The van der Waals surface area contributed by atoms with E-state index in [1.54, 1.807) is 0 Å². The molecule has 0 saturated heterocycles. The van der Waals surface area contributed by atoms with Crippen LogP contribution in [0.5, 0.6) is 0 Å². The lowest BCUT2D eigenvalue weighted by Gasteiger charge is -2.27. The van der Waals surface area contributed by atoms with E-state index in [-0.39, 0.29) is 5.54 Å². The van der Waals surface area contributed by atoms with E-state index < -0.39 is 0 Å². The molecule has 0 amide bonds. The number of aromatic amines is 1. The van der Waals surface area contributed by atoms with Crippen LogP contribution in [0.1, 0.15) is 38.3 Å². The summed E-state index contributed by atoms with van der Waals surface area (Å²) in [5.41, 5.74) is 1.54. The highest BCUT2D eigenvalue weighted by Gasteiger charge is 2.31. The molecular weight excluding hydrogens is 180 g/mol. The minimum absolute atomic E-state index is 0.279. The summed E-state index contributed by atoms with van der Waals surface area (Å²) in [6, 6.07) is 0. The third kappa shape index (κ3) is 1.35. The summed E-state index contributed by atoms with van der Waals surface area (Å²) in [6.07, 6.45) is 7.21. The van der Waals surface area contributed by atoms with Crippen LogP contribution in [0.25, 0.3) is 0 Å². The minimum Gasteiger partial charge on any atom is -0.337 e. The van der Waals surface area contributed by atoms with Crippen LogP contribution in [0.4, 0.5) is 0 Å². The van der Waals surface area contributed by atoms with Crippen molar-refractivity contribution in [1.29, 1.82) is 0 Å². The highest BCUT2D eigenvalue weighted by atomic mass is 32.1. The number of aryl methyl sites for hydroxylation is 1. The minimum atomic E-state index is 0.279. The van der Waals surface area contributed by atoms with Crippen LogP contribution in [0, 0.1) is 11.7 Å². The van der Waals surface area contributed by atoms with E-state index >= 15 is 0 Å². The Bertz CT molecular complexity index is 355. The normalized spacial score (nSPS) is 20.8. The van der Waals surface area contributed by atoms with E-state index in [1.165, 1.54) is 31.4 Å². The Morgan fingerprint density at radius 3 is 2.54 bits per heavy atom. The lowest BCUT2D eigenvalue weighted by atomic mass is 10.0. The van der Waals surface area contributed by atoms with Crippen molar-refractivity contribution in [2.45, 2.75) is 45.1 Å². The zero-order valence-electron chi connectivity index (χ0n) is 8.26. The van der Waals surface area contributed by atoms with Gasteiger partial charge in [-0.3, -0.25) is 0 Å². The molecule has 0 bridgehead atoms. The molecule has 0 aromatic carbocycles. The third-order valence-corrected chi connectivity index (χ3v) is 3.48. The fourth-order valence-corrected chi connectivity index (χ4v) is 2.91. The molecule has 2 nitrogen and oxygen atoms in total. The largest absolute Gasteiger partial charge is 0.337 e. The van der Waals surface area contributed by atoms with Gasteiger partial charge < -0.3 is 9.55 Å². The number of H-pyrrole nitrogens is 1. The fraction of sp³-hybridized carbons (Fsp3) is 0.700. The van der Waals surface area contributed by atoms with Gasteiger partial charge in [0.1, 0.15) is 0 Å². The van der Waals surface area contributed by atoms with Crippen molar-refractivity contribution in [3.63, 3.8) is 0 Å². The van der Waals surface area contributed by atoms with Crippen LogP contribution in [0.2, 0.25) is 0 Å². The first-order chi connectivity index (χ1) is 6.13. The van der Waals surface area contributed by atoms with Crippen molar-refractivity contribution >= 4 is 12.2 Å². The van der Waals surface area contributed by atoms with E-state index in [0.717, 1.165) is 4.77 Å². The smallest absolute Gasteiger partial charge is 0.177 e. The van der Waals surface area contributed by atoms with E-state index in [1.807, 2.05) is 6.20 Å². The van der Waals surface area contributed by atoms with Crippen LogP contribution < -0.4 is 0 Å². The van der Waals surface area contributed by atoms with Gasteiger partial charge in [-0.2, -0.15) is 0 Å². The van der Waals surface area contributed by atoms with Crippen molar-refractivity contribution in [3.05, 3.63) is 16.7 Å². The molecule has 1 fully saturated rings. The van der Waals surface area contributed by atoms with Gasteiger partial charge in [0, 0.05) is 17.4 Å². The summed E-state index contributed by atoms with van der Waals surface area (Å²) in [6.45, 7) is 4.44. The molecule has 1 heterocycles. The molecule has 1 N–H and O–H groups in total. The molecule has 2 rings (SSSR count). The van der Waals surface area contributed by atoms with Gasteiger partial charge in [0.25, 0.3) is 0 Å². The van der Waals surface area contributed by atoms with E-state index in [0.29, 0.717) is 0 Å². The maximum atomic E-state index is 5.29. The summed E-state index contributed by atoms with van der Waals surface area (Å²) < 4.78 is 3.16. The molecule has 1 aromatic heterocycles. The van der Waals surface area contributed by atoms with Crippen LogP contribution in [-0.2, 0) is 5.54 Å². The SMILES string of the molecule is Cc1c[nH]c(=S)n1C1(C)CCCC1. The van der Waals surface area contributed by atoms with Crippen molar-refractivity contribution in [3.8, 4) is 0 Å². The quantitative estimate of drug-likeness (QED) is 0.684. The van der Waals surface area contributed by atoms with Gasteiger partial charge in [-0.25, -0.2) is 0 Å². The predicted molar refractivity (Wildman–Crippen MR) is 56.5 cm³/mol. The number of rotatable bonds is 1. The zero-order chi connectivity index (χ0) is 9.47. The fourth-order valence-electron chi connectivity index (χ4n) is 2.49. The number of hydrogen-bond donors (Lipinski definition) is 1. The molecule has 0 unspecified atom stereocenters.